The van der Waals surface area contributed by atoms with E-state index < -0.39 is 12.1 Å². The van der Waals surface area contributed by atoms with Gasteiger partial charge in [0.25, 0.3) is 0 Å². The normalized spacial score (nSPS) is 12.4. The monoisotopic (exact) mass is 298 g/mol. The first kappa shape index (κ1) is 14.8. The summed E-state index contributed by atoms with van der Waals surface area (Å²) in [5.41, 5.74) is 1.91. The van der Waals surface area contributed by atoms with E-state index in [0.29, 0.717) is 10.6 Å². The van der Waals surface area contributed by atoms with Gasteiger partial charge in [0, 0.05) is 10.6 Å². The summed E-state index contributed by atoms with van der Waals surface area (Å²) in [5.74, 6) is -2.15. The van der Waals surface area contributed by atoms with E-state index in [-0.39, 0.29) is 10.7 Å². The van der Waals surface area contributed by atoms with Crippen LogP contribution in [0.25, 0.3) is 0 Å². The fraction of sp³-hybridized carbons (Fsp3) is 0.200. The second kappa shape index (κ2) is 5.58. The predicted molar refractivity (Wildman–Crippen MR) is 62.9 cm³/mol. The molecule has 18 heavy (non-hydrogen) atoms. The quantitative estimate of drug-likeness (QED) is 0.660. The Balaban J connectivity index is 2.87. The van der Waals surface area contributed by atoms with Gasteiger partial charge < -0.3 is 0 Å². The van der Waals surface area contributed by atoms with Crippen LogP contribution in [-0.2, 0) is 4.79 Å². The highest BCUT2D eigenvalue weighted by Gasteiger charge is 2.38. The molecular formula is C10H7Cl2F3N2O. The summed E-state index contributed by atoms with van der Waals surface area (Å²) < 4.78 is 35.7. The van der Waals surface area contributed by atoms with Crippen LogP contribution in [0.3, 0.4) is 0 Å². The third kappa shape index (κ3) is 3.89. The fourth-order valence-electron chi connectivity index (χ4n) is 1.04. The lowest BCUT2D eigenvalue weighted by atomic mass is 10.1. The van der Waals surface area contributed by atoms with Crippen LogP contribution in [0.2, 0.25) is 10.0 Å². The summed E-state index contributed by atoms with van der Waals surface area (Å²) in [7, 11) is 0. The van der Waals surface area contributed by atoms with Gasteiger partial charge in [-0.2, -0.15) is 18.3 Å². The Morgan fingerprint density at radius 3 is 2.44 bits per heavy atom. The van der Waals surface area contributed by atoms with Gasteiger partial charge >= 0.3 is 12.1 Å². The molecule has 0 aliphatic carbocycles. The molecule has 0 unspecified atom stereocenters. The van der Waals surface area contributed by atoms with Gasteiger partial charge in [-0.1, -0.05) is 29.3 Å². The molecule has 98 valence electrons. The van der Waals surface area contributed by atoms with E-state index in [2.05, 4.69) is 5.10 Å². The third-order valence-electron chi connectivity index (χ3n) is 1.90. The number of alkyl halides is 3. The first-order valence-electron chi connectivity index (χ1n) is 4.58. The minimum atomic E-state index is -4.98. The third-order valence-corrected chi connectivity index (χ3v) is 2.45. The molecule has 0 radical (unpaired) electrons. The number of hydrogen-bond acceptors (Lipinski definition) is 2. The van der Waals surface area contributed by atoms with E-state index in [0.717, 1.165) is 0 Å². The topological polar surface area (TPSA) is 41.5 Å². The number of amides is 1. The van der Waals surface area contributed by atoms with Crippen LogP contribution in [0.1, 0.15) is 12.5 Å². The number of halogens is 5. The van der Waals surface area contributed by atoms with Crippen molar-refractivity contribution in [3.63, 3.8) is 0 Å². The Morgan fingerprint density at radius 2 is 1.94 bits per heavy atom. The summed E-state index contributed by atoms with van der Waals surface area (Å²) in [4.78, 5) is 10.5. The van der Waals surface area contributed by atoms with Crippen molar-refractivity contribution >= 4 is 34.8 Å². The molecule has 1 aromatic carbocycles. The van der Waals surface area contributed by atoms with Gasteiger partial charge in [0.15, 0.2) is 0 Å². The first-order valence-corrected chi connectivity index (χ1v) is 5.34. The summed E-state index contributed by atoms with van der Waals surface area (Å²) in [6.45, 7) is 1.41. The molecule has 1 rings (SSSR count). The van der Waals surface area contributed by atoms with Crippen molar-refractivity contribution < 1.29 is 18.0 Å². The molecule has 0 fully saturated rings. The Kier molecular flexibility index (Phi) is 4.59. The zero-order chi connectivity index (χ0) is 13.9. The van der Waals surface area contributed by atoms with Crippen LogP contribution in [0.5, 0.6) is 0 Å². The SMILES string of the molecule is C/C(=N\NC(=O)C(F)(F)F)c1ccc(Cl)cc1Cl. The smallest absolute Gasteiger partial charge is 0.263 e. The minimum Gasteiger partial charge on any atom is -0.263 e. The lowest BCUT2D eigenvalue weighted by Crippen LogP contribution is -2.34. The lowest BCUT2D eigenvalue weighted by Gasteiger charge is -2.06. The molecule has 1 N–H and O–H groups in total. The van der Waals surface area contributed by atoms with Crippen LogP contribution in [0.4, 0.5) is 13.2 Å². The summed E-state index contributed by atoms with van der Waals surface area (Å²) in [6, 6.07) is 4.42. The van der Waals surface area contributed by atoms with Crippen LogP contribution in [0.15, 0.2) is 23.3 Å². The van der Waals surface area contributed by atoms with E-state index in [9.17, 15) is 18.0 Å². The fourth-order valence-corrected chi connectivity index (χ4v) is 1.59. The van der Waals surface area contributed by atoms with Crippen LogP contribution >= 0.6 is 23.2 Å². The highest BCUT2D eigenvalue weighted by atomic mass is 35.5. The van der Waals surface area contributed by atoms with Crippen LogP contribution in [0, 0.1) is 0 Å². The summed E-state index contributed by atoms with van der Waals surface area (Å²) in [5, 5.41) is 3.93. The number of nitrogens with one attached hydrogen (secondary N) is 1. The highest BCUT2D eigenvalue weighted by Crippen LogP contribution is 2.21. The Morgan fingerprint density at radius 1 is 1.33 bits per heavy atom. The van der Waals surface area contributed by atoms with Gasteiger partial charge in [0.1, 0.15) is 0 Å². The molecule has 0 aromatic heterocycles. The van der Waals surface area contributed by atoms with Gasteiger partial charge in [0.05, 0.1) is 10.7 Å². The zero-order valence-corrected chi connectivity index (χ0v) is 10.5. The van der Waals surface area contributed by atoms with Crippen molar-refractivity contribution in [3.05, 3.63) is 33.8 Å². The molecule has 0 heterocycles. The van der Waals surface area contributed by atoms with E-state index in [1.54, 1.807) is 0 Å². The molecule has 0 bridgehead atoms. The average molecular weight is 299 g/mol. The number of carbonyl (C=O) groups is 1. The lowest BCUT2D eigenvalue weighted by molar-refractivity contribution is -0.173. The molecular weight excluding hydrogens is 292 g/mol. The van der Waals surface area contributed by atoms with Gasteiger partial charge in [-0.15, -0.1) is 0 Å². The highest BCUT2D eigenvalue weighted by molar-refractivity contribution is 6.37. The van der Waals surface area contributed by atoms with Crippen molar-refractivity contribution in [2.45, 2.75) is 13.1 Å². The van der Waals surface area contributed by atoms with E-state index >= 15 is 0 Å². The van der Waals surface area contributed by atoms with Gasteiger partial charge in [-0.25, -0.2) is 5.43 Å². The van der Waals surface area contributed by atoms with Crippen molar-refractivity contribution in [2.75, 3.05) is 0 Å². The number of nitrogens with zero attached hydrogens (tertiary/aromatic N) is 1. The second-order valence-electron chi connectivity index (χ2n) is 3.26. The summed E-state index contributed by atoms with van der Waals surface area (Å²) >= 11 is 11.5. The molecule has 8 heteroatoms. The Bertz CT molecular complexity index is 500. The molecule has 3 nitrogen and oxygen atoms in total. The molecule has 0 atom stereocenters. The number of rotatable bonds is 2. The largest absolute Gasteiger partial charge is 0.473 e. The molecule has 0 aliphatic rings. The molecule has 0 saturated carbocycles. The van der Waals surface area contributed by atoms with Crippen molar-refractivity contribution in [1.82, 2.24) is 5.43 Å². The second-order valence-corrected chi connectivity index (χ2v) is 4.10. The van der Waals surface area contributed by atoms with Crippen molar-refractivity contribution in [1.29, 1.82) is 0 Å². The molecule has 1 amide bonds. The summed E-state index contributed by atoms with van der Waals surface area (Å²) in [6.07, 6.45) is -4.98. The van der Waals surface area contributed by atoms with Crippen LogP contribution in [-0.4, -0.2) is 17.8 Å². The molecule has 0 aliphatic heterocycles. The number of hydrogen-bond donors (Lipinski definition) is 1. The van der Waals surface area contributed by atoms with Gasteiger partial charge in [-0.05, 0) is 19.1 Å². The maximum absolute atomic E-state index is 11.9. The number of benzene rings is 1. The van der Waals surface area contributed by atoms with E-state index in [1.165, 1.54) is 30.5 Å². The van der Waals surface area contributed by atoms with E-state index in [4.69, 9.17) is 23.2 Å². The Hall–Kier alpha value is -1.27. The maximum atomic E-state index is 11.9. The molecule has 1 aromatic rings. The average Bonchev–Trinajstić information content (AvgIpc) is 2.24. The number of carbonyl (C=O) groups excluding carboxylic acids is 1. The molecule has 0 saturated heterocycles. The maximum Gasteiger partial charge on any atom is 0.473 e. The predicted octanol–water partition coefficient (Wildman–Crippen LogP) is 3.40. The first-order chi connectivity index (χ1) is 8.21. The number of hydrazone groups is 1. The van der Waals surface area contributed by atoms with Crippen LogP contribution < -0.4 is 5.43 Å². The minimum absolute atomic E-state index is 0.134. The van der Waals surface area contributed by atoms with Gasteiger partial charge in [0.2, 0.25) is 0 Å². The Labute approximate surface area is 111 Å². The van der Waals surface area contributed by atoms with Crippen molar-refractivity contribution in [3.8, 4) is 0 Å². The zero-order valence-electron chi connectivity index (χ0n) is 8.98. The van der Waals surface area contributed by atoms with Gasteiger partial charge in [-0.3, -0.25) is 4.79 Å². The van der Waals surface area contributed by atoms with E-state index in [1.807, 2.05) is 0 Å². The molecule has 0 spiro atoms. The van der Waals surface area contributed by atoms with Crippen molar-refractivity contribution in [2.24, 2.45) is 5.10 Å². The standard InChI is InChI=1S/C10H7Cl2F3N2O/c1-5(16-17-9(18)10(13,14)15)7-3-2-6(11)4-8(7)12/h2-4H,1H3,(H,17,18)/b16-5+.